The lowest BCUT2D eigenvalue weighted by Gasteiger charge is -2.20. The number of rotatable bonds is 5. The van der Waals surface area contributed by atoms with Gasteiger partial charge in [-0.05, 0) is 36.4 Å². The van der Waals surface area contributed by atoms with Crippen LogP contribution in [0.15, 0.2) is 85.1 Å². The third-order valence-electron chi connectivity index (χ3n) is 2.90. The minimum atomic E-state index is -0.587. The molecule has 0 aliphatic heterocycles. The van der Waals surface area contributed by atoms with Gasteiger partial charge in [-0.2, -0.15) is 0 Å². The van der Waals surface area contributed by atoms with Crippen LogP contribution in [0.3, 0.4) is 0 Å². The number of aromatic nitrogens is 1. The van der Waals surface area contributed by atoms with Gasteiger partial charge in [-0.3, -0.25) is 4.98 Å². The van der Waals surface area contributed by atoms with Gasteiger partial charge in [0.25, 0.3) is 6.29 Å². The van der Waals surface area contributed by atoms with Gasteiger partial charge in [0.15, 0.2) is 0 Å². The zero-order valence-corrected chi connectivity index (χ0v) is 11.4. The van der Waals surface area contributed by atoms with Crippen LogP contribution in [0.4, 0.5) is 0 Å². The monoisotopic (exact) mass is 277 g/mol. The summed E-state index contributed by atoms with van der Waals surface area (Å²) in [4.78, 5) is 4.32. The molecule has 0 unspecified atom stereocenters. The molecular formula is C18H15NO2. The summed E-state index contributed by atoms with van der Waals surface area (Å²) < 4.78 is 11.8. The highest BCUT2D eigenvalue weighted by atomic mass is 16.7. The fraction of sp³-hybridized carbons (Fsp3) is 0.0556. The number of hydrogen-bond donors (Lipinski definition) is 0. The van der Waals surface area contributed by atoms with Crippen LogP contribution < -0.4 is 9.47 Å². The molecular weight excluding hydrogens is 262 g/mol. The molecule has 2 aromatic carbocycles. The van der Waals surface area contributed by atoms with E-state index in [2.05, 4.69) is 4.98 Å². The van der Waals surface area contributed by atoms with E-state index in [-0.39, 0.29) is 0 Å². The van der Waals surface area contributed by atoms with Crippen LogP contribution >= 0.6 is 0 Å². The Bertz CT molecular complexity index is 615. The van der Waals surface area contributed by atoms with Gasteiger partial charge in [0.1, 0.15) is 17.2 Å². The van der Waals surface area contributed by atoms with Crippen molar-refractivity contribution in [1.82, 2.24) is 4.98 Å². The van der Waals surface area contributed by atoms with Crippen LogP contribution in [-0.4, -0.2) is 4.98 Å². The van der Waals surface area contributed by atoms with E-state index in [9.17, 15) is 0 Å². The Hall–Kier alpha value is -2.81. The smallest absolute Gasteiger partial charge is 0.284 e. The van der Waals surface area contributed by atoms with Crippen LogP contribution in [0.2, 0.25) is 0 Å². The van der Waals surface area contributed by atoms with Gasteiger partial charge in [0, 0.05) is 6.20 Å². The van der Waals surface area contributed by atoms with Gasteiger partial charge < -0.3 is 9.47 Å². The predicted molar refractivity (Wildman–Crippen MR) is 81.1 cm³/mol. The summed E-state index contributed by atoms with van der Waals surface area (Å²) in [6.07, 6.45) is 1.14. The molecule has 1 aromatic heterocycles. The standard InChI is InChI=1S/C18H15NO2/c1-3-9-15(10-4-1)20-18(17-13-7-8-14-19-17)21-16-11-5-2-6-12-16/h1-14,18H. The lowest BCUT2D eigenvalue weighted by atomic mass is 10.3. The first kappa shape index (κ1) is 13.2. The third kappa shape index (κ3) is 3.60. The summed E-state index contributed by atoms with van der Waals surface area (Å²) in [5, 5.41) is 0. The van der Waals surface area contributed by atoms with E-state index in [0.29, 0.717) is 0 Å². The highest BCUT2D eigenvalue weighted by molar-refractivity contribution is 5.24. The van der Waals surface area contributed by atoms with Crippen molar-refractivity contribution < 1.29 is 9.47 Å². The molecule has 0 bridgehead atoms. The molecule has 0 N–H and O–H groups in total. The Labute approximate surface area is 123 Å². The van der Waals surface area contributed by atoms with E-state index < -0.39 is 6.29 Å². The maximum Gasteiger partial charge on any atom is 0.284 e. The zero-order valence-electron chi connectivity index (χ0n) is 11.4. The molecule has 0 fully saturated rings. The molecule has 104 valence electrons. The molecule has 0 aliphatic rings. The molecule has 21 heavy (non-hydrogen) atoms. The van der Waals surface area contributed by atoms with Crippen molar-refractivity contribution in [2.75, 3.05) is 0 Å². The van der Waals surface area contributed by atoms with Crippen LogP contribution in [0, 0.1) is 0 Å². The van der Waals surface area contributed by atoms with E-state index >= 15 is 0 Å². The van der Waals surface area contributed by atoms with Gasteiger partial charge in [0.05, 0.1) is 0 Å². The topological polar surface area (TPSA) is 31.4 Å². The second-order valence-electron chi connectivity index (χ2n) is 4.45. The van der Waals surface area contributed by atoms with Crippen LogP contribution in [-0.2, 0) is 0 Å². The predicted octanol–water partition coefficient (Wildman–Crippen LogP) is 4.24. The fourth-order valence-electron chi connectivity index (χ4n) is 1.91. The van der Waals surface area contributed by atoms with E-state index in [1.807, 2.05) is 78.9 Å². The molecule has 0 saturated heterocycles. The minimum Gasteiger partial charge on any atom is -0.449 e. The Morgan fingerprint density at radius 1 is 0.619 bits per heavy atom. The molecule has 0 aliphatic carbocycles. The summed E-state index contributed by atoms with van der Waals surface area (Å²) >= 11 is 0. The van der Waals surface area contributed by atoms with Crippen molar-refractivity contribution in [2.24, 2.45) is 0 Å². The maximum atomic E-state index is 5.92. The molecule has 0 amide bonds. The van der Waals surface area contributed by atoms with Gasteiger partial charge >= 0.3 is 0 Å². The summed E-state index contributed by atoms with van der Waals surface area (Å²) in [7, 11) is 0. The van der Waals surface area contributed by atoms with Crippen molar-refractivity contribution in [3.05, 3.63) is 90.8 Å². The largest absolute Gasteiger partial charge is 0.449 e. The number of ether oxygens (including phenoxy) is 2. The summed E-state index contributed by atoms with van der Waals surface area (Å²) in [6.45, 7) is 0. The molecule has 3 rings (SSSR count). The average molecular weight is 277 g/mol. The number of pyridine rings is 1. The lowest BCUT2D eigenvalue weighted by molar-refractivity contribution is 0.000337. The highest BCUT2D eigenvalue weighted by Crippen LogP contribution is 2.24. The van der Waals surface area contributed by atoms with Crippen LogP contribution in [0.25, 0.3) is 0 Å². The molecule has 3 nitrogen and oxygen atoms in total. The first-order valence-electron chi connectivity index (χ1n) is 6.76. The summed E-state index contributed by atoms with van der Waals surface area (Å²) in [5.74, 6) is 1.48. The van der Waals surface area contributed by atoms with Crippen molar-refractivity contribution in [2.45, 2.75) is 6.29 Å². The van der Waals surface area contributed by atoms with Gasteiger partial charge in [-0.1, -0.05) is 42.5 Å². The number of hydrogen-bond acceptors (Lipinski definition) is 3. The first-order chi connectivity index (χ1) is 10.4. The number of benzene rings is 2. The number of para-hydroxylation sites is 2. The van der Waals surface area contributed by atoms with Gasteiger partial charge in [-0.15, -0.1) is 0 Å². The van der Waals surface area contributed by atoms with E-state index in [4.69, 9.17) is 9.47 Å². The molecule has 0 radical (unpaired) electrons. The van der Waals surface area contributed by atoms with Crippen molar-refractivity contribution in [1.29, 1.82) is 0 Å². The van der Waals surface area contributed by atoms with Crippen LogP contribution in [0.5, 0.6) is 11.5 Å². The maximum absolute atomic E-state index is 5.92. The second-order valence-corrected chi connectivity index (χ2v) is 4.45. The van der Waals surface area contributed by atoms with Gasteiger partial charge in [-0.25, -0.2) is 0 Å². The van der Waals surface area contributed by atoms with E-state index in [1.165, 1.54) is 0 Å². The van der Waals surface area contributed by atoms with E-state index in [0.717, 1.165) is 17.2 Å². The average Bonchev–Trinajstić information content (AvgIpc) is 2.57. The Morgan fingerprint density at radius 2 is 1.14 bits per heavy atom. The normalized spacial score (nSPS) is 10.3. The summed E-state index contributed by atoms with van der Waals surface area (Å²) in [5.41, 5.74) is 0.727. The molecule has 3 aromatic rings. The molecule has 3 heteroatoms. The van der Waals surface area contributed by atoms with Crippen molar-refractivity contribution >= 4 is 0 Å². The van der Waals surface area contributed by atoms with Crippen molar-refractivity contribution in [3.63, 3.8) is 0 Å². The second kappa shape index (κ2) is 6.57. The number of nitrogens with zero attached hydrogens (tertiary/aromatic N) is 1. The van der Waals surface area contributed by atoms with E-state index in [1.54, 1.807) is 6.20 Å². The van der Waals surface area contributed by atoms with Gasteiger partial charge in [0.2, 0.25) is 0 Å². The first-order valence-corrected chi connectivity index (χ1v) is 6.76. The molecule has 0 atom stereocenters. The third-order valence-corrected chi connectivity index (χ3v) is 2.90. The molecule has 1 heterocycles. The minimum absolute atomic E-state index is 0.587. The Morgan fingerprint density at radius 3 is 1.62 bits per heavy atom. The lowest BCUT2D eigenvalue weighted by Crippen LogP contribution is -2.16. The molecule has 0 saturated carbocycles. The SMILES string of the molecule is c1ccc(OC(Oc2ccccc2)c2ccccn2)cc1. The Balaban J connectivity index is 1.84. The van der Waals surface area contributed by atoms with Crippen molar-refractivity contribution in [3.8, 4) is 11.5 Å². The quantitative estimate of drug-likeness (QED) is 0.654. The Kier molecular flexibility index (Phi) is 4.12. The zero-order chi connectivity index (χ0) is 14.3. The highest BCUT2D eigenvalue weighted by Gasteiger charge is 2.16. The van der Waals surface area contributed by atoms with Crippen LogP contribution in [0.1, 0.15) is 12.0 Å². The summed E-state index contributed by atoms with van der Waals surface area (Å²) in [6, 6.07) is 24.8. The fourth-order valence-corrected chi connectivity index (χ4v) is 1.91. The molecule has 0 spiro atoms.